The summed E-state index contributed by atoms with van der Waals surface area (Å²) < 4.78 is 14.4. The zero-order valence-electron chi connectivity index (χ0n) is 8.26. The van der Waals surface area contributed by atoms with Gasteiger partial charge in [0.1, 0.15) is 11.4 Å². The van der Waals surface area contributed by atoms with Crippen molar-refractivity contribution in [2.75, 3.05) is 13.1 Å². The average molecular weight is 274 g/mol. The maximum absolute atomic E-state index is 13.6. The van der Waals surface area contributed by atoms with Crippen molar-refractivity contribution < 1.29 is 9.50 Å². The molecule has 1 atom stereocenters. The minimum Gasteiger partial charge on any atom is -0.384 e. The summed E-state index contributed by atoms with van der Waals surface area (Å²) in [4.78, 5) is 0. The Bertz CT molecular complexity index is 364. The number of hydrogen-bond donors (Lipinski definition) is 2. The second-order valence-electron chi connectivity index (χ2n) is 3.94. The molecule has 1 fully saturated rings. The minimum atomic E-state index is -1.06. The Hall–Kier alpha value is -0.450. The number of halogens is 2. The van der Waals surface area contributed by atoms with Gasteiger partial charge < -0.3 is 10.4 Å². The van der Waals surface area contributed by atoms with Crippen molar-refractivity contribution in [2.24, 2.45) is 0 Å². The van der Waals surface area contributed by atoms with E-state index < -0.39 is 5.60 Å². The van der Waals surface area contributed by atoms with Crippen molar-refractivity contribution >= 4 is 15.9 Å². The van der Waals surface area contributed by atoms with E-state index in [9.17, 15) is 9.50 Å². The first kappa shape index (κ1) is 11.0. The van der Waals surface area contributed by atoms with Gasteiger partial charge in [0.05, 0.1) is 0 Å². The lowest BCUT2D eigenvalue weighted by atomic mass is 9.86. The third-order valence-electron chi connectivity index (χ3n) is 2.79. The van der Waals surface area contributed by atoms with E-state index in [1.165, 1.54) is 6.07 Å². The van der Waals surface area contributed by atoms with Gasteiger partial charge in [-0.25, -0.2) is 4.39 Å². The Morgan fingerprint density at radius 3 is 2.93 bits per heavy atom. The number of piperidine rings is 1. The molecule has 1 aromatic rings. The highest BCUT2D eigenvalue weighted by Gasteiger charge is 2.33. The van der Waals surface area contributed by atoms with Crippen LogP contribution in [0.2, 0.25) is 0 Å². The quantitative estimate of drug-likeness (QED) is 0.822. The molecule has 0 bridgehead atoms. The van der Waals surface area contributed by atoms with Crippen LogP contribution in [-0.2, 0) is 5.60 Å². The third kappa shape index (κ3) is 2.22. The number of hydrogen-bond acceptors (Lipinski definition) is 2. The number of benzene rings is 1. The second kappa shape index (κ2) is 4.20. The summed E-state index contributed by atoms with van der Waals surface area (Å²) in [7, 11) is 0. The summed E-state index contributed by atoms with van der Waals surface area (Å²) in [6.07, 6.45) is 1.47. The highest BCUT2D eigenvalue weighted by atomic mass is 79.9. The molecule has 4 heteroatoms. The molecule has 0 amide bonds. The first-order chi connectivity index (χ1) is 7.12. The van der Waals surface area contributed by atoms with E-state index in [0.29, 0.717) is 18.5 Å². The maximum Gasteiger partial charge on any atom is 0.129 e. The fourth-order valence-corrected chi connectivity index (χ4v) is 2.33. The molecule has 0 radical (unpaired) electrons. The largest absolute Gasteiger partial charge is 0.384 e. The van der Waals surface area contributed by atoms with Crippen LogP contribution in [0.3, 0.4) is 0 Å². The van der Waals surface area contributed by atoms with Crippen molar-refractivity contribution in [3.63, 3.8) is 0 Å². The van der Waals surface area contributed by atoms with Gasteiger partial charge in [0.25, 0.3) is 0 Å². The smallest absolute Gasteiger partial charge is 0.129 e. The van der Waals surface area contributed by atoms with Gasteiger partial charge in [0.2, 0.25) is 0 Å². The number of aliphatic hydroxyl groups is 1. The maximum atomic E-state index is 13.6. The van der Waals surface area contributed by atoms with E-state index in [4.69, 9.17) is 0 Å². The van der Waals surface area contributed by atoms with Gasteiger partial charge in [-0.2, -0.15) is 0 Å². The van der Waals surface area contributed by atoms with Crippen molar-refractivity contribution in [1.29, 1.82) is 0 Å². The molecule has 82 valence electrons. The van der Waals surface area contributed by atoms with E-state index in [0.717, 1.165) is 17.4 Å². The van der Waals surface area contributed by atoms with E-state index in [1.54, 1.807) is 12.1 Å². The molecule has 0 saturated carbocycles. The van der Waals surface area contributed by atoms with Gasteiger partial charge in [-0.3, -0.25) is 0 Å². The molecule has 0 spiro atoms. The molecule has 1 aliphatic rings. The van der Waals surface area contributed by atoms with Crippen LogP contribution >= 0.6 is 15.9 Å². The average Bonchev–Trinajstić information content (AvgIpc) is 2.23. The Morgan fingerprint density at radius 2 is 2.27 bits per heavy atom. The fraction of sp³-hybridized carbons (Fsp3) is 0.455. The molecule has 0 aromatic heterocycles. The van der Waals surface area contributed by atoms with Crippen LogP contribution in [0.15, 0.2) is 22.7 Å². The Kier molecular flexibility index (Phi) is 3.09. The summed E-state index contributed by atoms with van der Waals surface area (Å²) in [5, 5.41) is 13.4. The summed E-state index contributed by atoms with van der Waals surface area (Å²) >= 11 is 3.29. The van der Waals surface area contributed by atoms with Crippen LogP contribution in [0.25, 0.3) is 0 Å². The van der Waals surface area contributed by atoms with Crippen molar-refractivity contribution in [3.05, 3.63) is 34.1 Å². The van der Waals surface area contributed by atoms with Gasteiger partial charge in [-0.1, -0.05) is 15.9 Å². The van der Waals surface area contributed by atoms with Crippen LogP contribution < -0.4 is 5.32 Å². The van der Waals surface area contributed by atoms with E-state index in [2.05, 4.69) is 21.2 Å². The van der Waals surface area contributed by atoms with Crippen LogP contribution in [0, 0.1) is 5.82 Å². The predicted octanol–water partition coefficient (Wildman–Crippen LogP) is 2.16. The molecule has 2 N–H and O–H groups in total. The first-order valence-electron chi connectivity index (χ1n) is 5.00. The minimum absolute atomic E-state index is 0.343. The van der Waals surface area contributed by atoms with Crippen molar-refractivity contribution in [3.8, 4) is 0 Å². The third-order valence-corrected chi connectivity index (χ3v) is 3.28. The molecule has 2 nitrogen and oxygen atoms in total. The predicted molar refractivity (Wildman–Crippen MR) is 60.1 cm³/mol. The van der Waals surface area contributed by atoms with E-state index in [1.807, 2.05) is 0 Å². The first-order valence-corrected chi connectivity index (χ1v) is 5.80. The van der Waals surface area contributed by atoms with Gasteiger partial charge in [0.15, 0.2) is 0 Å². The molecule has 1 aliphatic heterocycles. The molecule has 0 aliphatic carbocycles. The number of rotatable bonds is 1. The Balaban J connectivity index is 2.38. The normalized spacial score (nSPS) is 26.6. The molecular formula is C11H13BrFNO. The monoisotopic (exact) mass is 273 g/mol. The molecule has 1 aromatic carbocycles. The van der Waals surface area contributed by atoms with Gasteiger partial charge in [-0.05, 0) is 37.6 Å². The number of β-amino-alcohol motifs (C(OH)–C–C–N with tert-alkyl or cyclic N) is 1. The van der Waals surface area contributed by atoms with Crippen LogP contribution in [0.1, 0.15) is 18.4 Å². The zero-order chi connectivity index (χ0) is 10.9. The molecule has 1 unspecified atom stereocenters. The zero-order valence-corrected chi connectivity index (χ0v) is 9.85. The Labute approximate surface area is 96.6 Å². The van der Waals surface area contributed by atoms with Crippen molar-refractivity contribution in [1.82, 2.24) is 5.32 Å². The SMILES string of the molecule is OC1(c2cc(Br)ccc2F)CCCNC1. The lowest BCUT2D eigenvalue weighted by Gasteiger charge is -2.33. The van der Waals surface area contributed by atoms with Gasteiger partial charge in [-0.15, -0.1) is 0 Å². The lowest BCUT2D eigenvalue weighted by molar-refractivity contribution is 0.00904. The standard InChI is InChI=1S/C11H13BrFNO/c12-8-2-3-10(13)9(6-8)11(15)4-1-5-14-7-11/h2-3,6,14-15H,1,4-5,7H2. The van der Waals surface area contributed by atoms with Crippen LogP contribution in [-0.4, -0.2) is 18.2 Å². The highest BCUT2D eigenvalue weighted by molar-refractivity contribution is 9.10. The summed E-state index contributed by atoms with van der Waals surface area (Å²) in [6.45, 7) is 1.30. The highest BCUT2D eigenvalue weighted by Crippen LogP contribution is 2.31. The lowest BCUT2D eigenvalue weighted by Crippen LogP contribution is -2.43. The van der Waals surface area contributed by atoms with E-state index >= 15 is 0 Å². The molecule has 2 rings (SSSR count). The molecule has 15 heavy (non-hydrogen) atoms. The van der Waals surface area contributed by atoms with E-state index in [-0.39, 0.29) is 5.82 Å². The van der Waals surface area contributed by atoms with Crippen LogP contribution in [0.4, 0.5) is 4.39 Å². The second-order valence-corrected chi connectivity index (χ2v) is 4.85. The summed E-state index contributed by atoms with van der Waals surface area (Å²) in [5.74, 6) is -0.343. The Morgan fingerprint density at radius 1 is 1.47 bits per heavy atom. The fourth-order valence-electron chi connectivity index (χ4n) is 1.97. The van der Waals surface area contributed by atoms with Crippen LogP contribution in [0.5, 0.6) is 0 Å². The number of nitrogens with one attached hydrogen (secondary N) is 1. The summed E-state index contributed by atoms with van der Waals surface area (Å²) in [6, 6.07) is 4.67. The van der Waals surface area contributed by atoms with Gasteiger partial charge in [0, 0.05) is 16.6 Å². The topological polar surface area (TPSA) is 32.3 Å². The van der Waals surface area contributed by atoms with Gasteiger partial charge >= 0.3 is 0 Å². The summed E-state index contributed by atoms with van der Waals surface area (Å²) in [5.41, 5.74) is -0.685. The molecular weight excluding hydrogens is 261 g/mol. The molecule has 1 heterocycles. The van der Waals surface area contributed by atoms with Crippen molar-refractivity contribution in [2.45, 2.75) is 18.4 Å². The molecule has 1 saturated heterocycles.